The average Bonchev–Trinajstić information content (AvgIpc) is 3.06. The number of Topliss-reactive ketones (excluding diaryl/α,β-unsaturated/α-hetero) is 1. The third-order valence-corrected chi connectivity index (χ3v) is 6.49. The number of benzene rings is 2. The van der Waals surface area contributed by atoms with Gasteiger partial charge in [0, 0.05) is 17.7 Å². The maximum atomic E-state index is 13.2. The van der Waals surface area contributed by atoms with Crippen LogP contribution in [0.15, 0.2) is 48.0 Å². The van der Waals surface area contributed by atoms with Crippen LogP contribution >= 0.6 is 0 Å². The highest BCUT2D eigenvalue weighted by molar-refractivity contribution is 6.46. The molecule has 5 heteroatoms. The van der Waals surface area contributed by atoms with Gasteiger partial charge in [0.25, 0.3) is 11.7 Å². The molecule has 0 aromatic heterocycles. The van der Waals surface area contributed by atoms with Crippen LogP contribution in [0.2, 0.25) is 0 Å². The Bertz CT molecular complexity index is 1090. The number of carbonyl (C=O) groups is 2. The van der Waals surface area contributed by atoms with Gasteiger partial charge in [-0.15, -0.1) is 0 Å². The van der Waals surface area contributed by atoms with Crippen LogP contribution in [-0.2, 0) is 15.0 Å². The minimum atomic E-state index is -0.639. The third kappa shape index (κ3) is 4.89. The highest BCUT2D eigenvalue weighted by Crippen LogP contribution is 2.41. The first-order valence-electron chi connectivity index (χ1n) is 12.1. The topological polar surface area (TPSA) is 66.8 Å². The fraction of sp³-hybridized carbons (Fsp3) is 0.448. The van der Waals surface area contributed by atoms with Crippen molar-refractivity contribution in [2.75, 3.05) is 13.7 Å². The van der Waals surface area contributed by atoms with E-state index in [1.807, 2.05) is 30.3 Å². The van der Waals surface area contributed by atoms with E-state index in [2.05, 4.69) is 41.5 Å². The minimum absolute atomic E-state index is 0.142. The Balaban J connectivity index is 2.19. The molecule has 1 atom stereocenters. The number of hydrogen-bond donors (Lipinski definition) is 1. The third-order valence-electron chi connectivity index (χ3n) is 6.49. The molecule has 3 rings (SSSR count). The number of carbonyl (C=O) groups excluding carboxylic acids is 2. The number of ether oxygens (including phenoxy) is 1. The minimum Gasteiger partial charge on any atom is -0.507 e. The summed E-state index contributed by atoms with van der Waals surface area (Å²) >= 11 is 0. The van der Waals surface area contributed by atoms with Gasteiger partial charge in [-0.2, -0.15) is 0 Å². The summed E-state index contributed by atoms with van der Waals surface area (Å²) in [6.07, 6.45) is 1.68. The molecule has 0 spiro atoms. The number of amides is 1. The van der Waals surface area contributed by atoms with E-state index < -0.39 is 17.7 Å². The number of aliphatic hydroxyl groups excluding tert-OH is 1. The molecule has 0 bridgehead atoms. The lowest BCUT2D eigenvalue weighted by molar-refractivity contribution is -0.139. The smallest absolute Gasteiger partial charge is 0.295 e. The predicted octanol–water partition coefficient (Wildman–Crippen LogP) is 6.34. The van der Waals surface area contributed by atoms with E-state index in [4.69, 9.17) is 4.74 Å². The molecule has 2 aromatic rings. The number of ketones is 1. The van der Waals surface area contributed by atoms with Crippen LogP contribution in [0, 0.1) is 0 Å². The number of unbranched alkanes of at least 4 members (excludes halogenated alkanes) is 1. The van der Waals surface area contributed by atoms with Gasteiger partial charge in [-0.1, -0.05) is 72.2 Å². The van der Waals surface area contributed by atoms with Crippen molar-refractivity contribution in [1.29, 1.82) is 0 Å². The molecule has 1 amide bonds. The second kappa shape index (κ2) is 10.0. The first-order valence-corrected chi connectivity index (χ1v) is 12.1. The standard InChI is InChI=1S/C29H37NO4/c1-8-9-16-30-25(20-12-10-19(11-13-20)18(2)3)24(27(32)28(30)33)26(31)21-14-15-23(34-7)22(17-21)29(4,5)6/h10-15,17-18,25,31H,8-9,16H2,1-7H3/b26-24-. The summed E-state index contributed by atoms with van der Waals surface area (Å²) in [6.45, 7) is 13.0. The number of aliphatic hydroxyl groups is 1. The zero-order valence-electron chi connectivity index (χ0n) is 21.4. The van der Waals surface area contributed by atoms with Gasteiger partial charge in [-0.3, -0.25) is 9.59 Å². The lowest BCUT2D eigenvalue weighted by Crippen LogP contribution is -2.30. The second-order valence-corrected chi connectivity index (χ2v) is 10.3. The van der Waals surface area contributed by atoms with Crippen molar-refractivity contribution in [3.8, 4) is 5.75 Å². The molecule has 34 heavy (non-hydrogen) atoms. The maximum Gasteiger partial charge on any atom is 0.295 e. The van der Waals surface area contributed by atoms with Gasteiger partial charge in [0.1, 0.15) is 11.5 Å². The molecule has 0 saturated carbocycles. The van der Waals surface area contributed by atoms with Crippen LogP contribution in [-0.4, -0.2) is 35.4 Å². The van der Waals surface area contributed by atoms with Crippen LogP contribution in [0.4, 0.5) is 0 Å². The molecule has 5 nitrogen and oxygen atoms in total. The van der Waals surface area contributed by atoms with E-state index in [1.165, 1.54) is 5.56 Å². The molecule has 182 valence electrons. The number of methoxy groups -OCH3 is 1. The van der Waals surface area contributed by atoms with Gasteiger partial charge in [-0.25, -0.2) is 0 Å². The molecule has 2 aromatic carbocycles. The molecule has 1 heterocycles. The van der Waals surface area contributed by atoms with Crippen molar-refractivity contribution >= 4 is 17.4 Å². The van der Waals surface area contributed by atoms with E-state index in [1.54, 1.807) is 24.1 Å². The van der Waals surface area contributed by atoms with Crippen molar-refractivity contribution in [2.24, 2.45) is 0 Å². The molecule has 1 saturated heterocycles. The summed E-state index contributed by atoms with van der Waals surface area (Å²) in [4.78, 5) is 27.9. The van der Waals surface area contributed by atoms with Crippen LogP contribution < -0.4 is 4.74 Å². The van der Waals surface area contributed by atoms with Crippen molar-refractivity contribution in [2.45, 2.75) is 71.8 Å². The highest BCUT2D eigenvalue weighted by Gasteiger charge is 2.45. The summed E-state index contributed by atoms with van der Waals surface area (Å²) in [7, 11) is 1.62. The summed E-state index contributed by atoms with van der Waals surface area (Å²) in [5.41, 5.74) is 3.33. The monoisotopic (exact) mass is 463 g/mol. The van der Waals surface area contributed by atoms with Crippen molar-refractivity contribution < 1.29 is 19.4 Å². The Morgan fingerprint density at radius 3 is 2.26 bits per heavy atom. The van der Waals surface area contributed by atoms with E-state index in [-0.39, 0.29) is 16.7 Å². The Morgan fingerprint density at radius 2 is 1.74 bits per heavy atom. The van der Waals surface area contributed by atoms with E-state index >= 15 is 0 Å². The molecule has 1 N–H and O–H groups in total. The Labute approximate surface area is 203 Å². The van der Waals surface area contributed by atoms with Gasteiger partial charge >= 0.3 is 0 Å². The number of nitrogens with zero attached hydrogens (tertiary/aromatic N) is 1. The largest absolute Gasteiger partial charge is 0.507 e. The van der Waals surface area contributed by atoms with Gasteiger partial charge < -0.3 is 14.7 Å². The fourth-order valence-electron chi connectivity index (χ4n) is 4.45. The first-order chi connectivity index (χ1) is 16.0. The molecule has 0 aliphatic carbocycles. The van der Waals surface area contributed by atoms with Crippen molar-refractivity contribution in [1.82, 2.24) is 4.90 Å². The molecule has 1 aliphatic rings. The lowest BCUT2D eigenvalue weighted by Gasteiger charge is -2.26. The van der Waals surface area contributed by atoms with Gasteiger partial charge in [0.15, 0.2) is 0 Å². The number of likely N-dealkylation sites (tertiary alicyclic amines) is 1. The Hall–Kier alpha value is -3.08. The molecule has 1 aliphatic heterocycles. The Kier molecular flexibility index (Phi) is 7.54. The van der Waals surface area contributed by atoms with Gasteiger partial charge in [0.2, 0.25) is 0 Å². The molecule has 0 radical (unpaired) electrons. The van der Waals surface area contributed by atoms with Gasteiger partial charge in [-0.05, 0) is 47.1 Å². The van der Waals surface area contributed by atoms with Crippen LogP contribution in [0.25, 0.3) is 5.76 Å². The van der Waals surface area contributed by atoms with E-state index in [0.29, 0.717) is 23.8 Å². The second-order valence-electron chi connectivity index (χ2n) is 10.3. The highest BCUT2D eigenvalue weighted by atomic mass is 16.5. The quantitative estimate of drug-likeness (QED) is 0.296. The number of rotatable bonds is 7. The maximum absolute atomic E-state index is 13.2. The van der Waals surface area contributed by atoms with Crippen LogP contribution in [0.1, 0.15) is 88.6 Å². The van der Waals surface area contributed by atoms with E-state index in [0.717, 1.165) is 24.0 Å². The summed E-state index contributed by atoms with van der Waals surface area (Å²) < 4.78 is 5.53. The van der Waals surface area contributed by atoms with Crippen LogP contribution in [0.3, 0.4) is 0 Å². The molecular formula is C29H37NO4. The average molecular weight is 464 g/mol. The van der Waals surface area contributed by atoms with Crippen molar-refractivity contribution in [3.05, 3.63) is 70.3 Å². The number of hydrogen-bond acceptors (Lipinski definition) is 4. The molecular weight excluding hydrogens is 426 g/mol. The fourth-order valence-corrected chi connectivity index (χ4v) is 4.45. The molecule has 1 fully saturated rings. The SMILES string of the molecule is CCCCN1C(=O)C(=O)/C(=C(\O)c2ccc(OC)c(C(C)(C)C)c2)C1c1ccc(C(C)C)cc1. The Morgan fingerprint density at radius 1 is 1.09 bits per heavy atom. The summed E-state index contributed by atoms with van der Waals surface area (Å²) in [5.74, 6) is -0.260. The zero-order valence-corrected chi connectivity index (χ0v) is 21.4. The summed E-state index contributed by atoms with van der Waals surface area (Å²) in [5, 5.41) is 11.4. The zero-order chi connectivity index (χ0) is 25.2. The lowest BCUT2D eigenvalue weighted by atomic mass is 9.84. The normalized spacial score (nSPS) is 18.1. The van der Waals surface area contributed by atoms with Crippen LogP contribution in [0.5, 0.6) is 5.75 Å². The molecule has 1 unspecified atom stereocenters. The van der Waals surface area contributed by atoms with Gasteiger partial charge in [0.05, 0.1) is 18.7 Å². The first kappa shape index (κ1) is 25.5. The predicted molar refractivity (Wildman–Crippen MR) is 136 cm³/mol. The van der Waals surface area contributed by atoms with Crippen molar-refractivity contribution in [3.63, 3.8) is 0 Å². The summed E-state index contributed by atoms with van der Waals surface area (Å²) in [6, 6.07) is 12.8. The van der Waals surface area contributed by atoms with E-state index in [9.17, 15) is 14.7 Å².